The second kappa shape index (κ2) is 7.31. The predicted octanol–water partition coefficient (Wildman–Crippen LogP) is 2.53. The molecule has 0 aliphatic rings. The van der Waals surface area contributed by atoms with E-state index in [-0.39, 0.29) is 5.56 Å². The lowest BCUT2D eigenvalue weighted by Gasteiger charge is -2.08. The Labute approximate surface area is 133 Å². The predicted molar refractivity (Wildman–Crippen MR) is 86.7 cm³/mol. The van der Waals surface area contributed by atoms with Crippen LogP contribution in [0.2, 0.25) is 0 Å². The normalized spacial score (nSPS) is 10.6. The molecule has 23 heavy (non-hydrogen) atoms. The SMILES string of the molecule is Cc1ccc(C)c(NC(=O)C(=O)N/N=C\c2ccccc2F)c1. The fourth-order valence-electron chi connectivity index (χ4n) is 1.84. The van der Waals surface area contributed by atoms with Crippen LogP contribution in [0.5, 0.6) is 0 Å². The van der Waals surface area contributed by atoms with Crippen molar-refractivity contribution >= 4 is 23.7 Å². The molecule has 0 aromatic heterocycles. The van der Waals surface area contributed by atoms with Gasteiger partial charge in [0.25, 0.3) is 0 Å². The number of hydrogen-bond acceptors (Lipinski definition) is 3. The van der Waals surface area contributed by atoms with Crippen molar-refractivity contribution in [1.29, 1.82) is 0 Å². The number of carbonyl (C=O) groups is 2. The Kier molecular flexibility index (Phi) is 5.19. The maximum atomic E-state index is 13.4. The largest absolute Gasteiger partial charge is 0.329 e. The summed E-state index contributed by atoms with van der Waals surface area (Å²) in [4.78, 5) is 23.5. The minimum absolute atomic E-state index is 0.211. The summed E-state index contributed by atoms with van der Waals surface area (Å²) >= 11 is 0. The Hall–Kier alpha value is -3.02. The fourth-order valence-corrected chi connectivity index (χ4v) is 1.84. The van der Waals surface area contributed by atoms with E-state index in [2.05, 4.69) is 15.8 Å². The number of carbonyl (C=O) groups excluding carboxylic acids is 2. The van der Waals surface area contributed by atoms with Gasteiger partial charge in [0, 0.05) is 11.3 Å². The Morgan fingerprint density at radius 3 is 2.57 bits per heavy atom. The standard InChI is InChI=1S/C17H16FN3O2/c1-11-7-8-12(2)15(9-11)20-16(22)17(23)21-19-10-13-5-3-4-6-14(13)18/h3-10H,1-2H3,(H,20,22)(H,21,23)/b19-10-. The fraction of sp³-hybridized carbons (Fsp3) is 0.118. The van der Waals surface area contributed by atoms with Crippen molar-refractivity contribution in [3.63, 3.8) is 0 Å². The van der Waals surface area contributed by atoms with Gasteiger partial charge in [-0.2, -0.15) is 5.10 Å². The highest BCUT2D eigenvalue weighted by atomic mass is 19.1. The molecule has 0 heterocycles. The maximum Gasteiger partial charge on any atom is 0.329 e. The molecule has 2 amide bonds. The molecule has 0 aliphatic heterocycles. The van der Waals surface area contributed by atoms with Crippen LogP contribution in [0.25, 0.3) is 0 Å². The van der Waals surface area contributed by atoms with E-state index >= 15 is 0 Å². The smallest absolute Gasteiger partial charge is 0.317 e. The summed E-state index contributed by atoms with van der Waals surface area (Å²) in [6.07, 6.45) is 1.14. The molecule has 5 nitrogen and oxygen atoms in total. The molecule has 6 heteroatoms. The van der Waals surface area contributed by atoms with Crippen LogP contribution in [0, 0.1) is 19.7 Å². The molecule has 0 saturated carbocycles. The third-order valence-corrected chi connectivity index (χ3v) is 3.12. The van der Waals surface area contributed by atoms with E-state index in [4.69, 9.17) is 0 Å². The van der Waals surface area contributed by atoms with Crippen molar-refractivity contribution < 1.29 is 14.0 Å². The Morgan fingerprint density at radius 2 is 1.83 bits per heavy atom. The first kappa shape index (κ1) is 16.4. The van der Waals surface area contributed by atoms with E-state index in [9.17, 15) is 14.0 Å². The van der Waals surface area contributed by atoms with Gasteiger partial charge in [-0.05, 0) is 37.1 Å². The highest BCUT2D eigenvalue weighted by molar-refractivity contribution is 6.39. The molecule has 2 N–H and O–H groups in total. The molecule has 0 spiro atoms. The highest BCUT2D eigenvalue weighted by Crippen LogP contribution is 2.16. The second-order valence-electron chi connectivity index (χ2n) is 4.99. The number of halogens is 1. The molecule has 0 saturated heterocycles. The summed E-state index contributed by atoms with van der Waals surface area (Å²) in [6.45, 7) is 3.71. The van der Waals surface area contributed by atoms with E-state index in [0.29, 0.717) is 5.69 Å². The quantitative estimate of drug-likeness (QED) is 0.519. The van der Waals surface area contributed by atoms with Crippen LogP contribution in [-0.4, -0.2) is 18.0 Å². The first-order valence-corrected chi connectivity index (χ1v) is 6.93. The average Bonchev–Trinajstić information content (AvgIpc) is 2.52. The van der Waals surface area contributed by atoms with Crippen molar-refractivity contribution in [2.24, 2.45) is 5.10 Å². The summed E-state index contributed by atoms with van der Waals surface area (Å²) in [7, 11) is 0. The lowest BCUT2D eigenvalue weighted by molar-refractivity contribution is -0.136. The molecular formula is C17H16FN3O2. The van der Waals surface area contributed by atoms with Gasteiger partial charge in [0.1, 0.15) is 5.82 Å². The van der Waals surface area contributed by atoms with Crippen LogP contribution in [0.15, 0.2) is 47.6 Å². The summed E-state index contributed by atoms with van der Waals surface area (Å²) in [5, 5.41) is 6.09. The van der Waals surface area contributed by atoms with Crippen LogP contribution in [0.3, 0.4) is 0 Å². The minimum atomic E-state index is -0.932. The van der Waals surface area contributed by atoms with E-state index in [0.717, 1.165) is 17.3 Å². The summed E-state index contributed by atoms with van der Waals surface area (Å²) in [5.74, 6) is -2.24. The highest BCUT2D eigenvalue weighted by Gasteiger charge is 2.14. The zero-order valence-electron chi connectivity index (χ0n) is 12.8. The number of nitrogens with zero attached hydrogens (tertiary/aromatic N) is 1. The van der Waals surface area contributed by atoms with Crippen molar-refractivity contribution in [2.75, 3.05) is 5.32 Å². The Balaban J connectivity index is 1.97. The Bertz CT molecular complexity index is 772. The van der Waals surface area contributed by atoms with Crippen LogP contribution < -0.4 is 10.7 Å². The molecular weight excluding hydrogens is 297 g/mol. The molecule has 118 valence electrons. The molecule has 2 aromatic carbocycles. The van der Waals surface area contributed by atoms with E-state index in [1.807, 2.05) is 26.0 Å². The maximum absolute atomic E-state index is 13.4. The summed E-state index contributed by atoms with van der Waals surface area (Å²) in [6, 6.07) is 11.5. The first-order valence-electron chi connectivity index (χ1n) is 6.93. The van der Waals surface area contributed by atoms with Crippen molar-refractivity contribution in [3.8, 4) is 0 Å². The van der Waals surface area contributed by atoms with Gasteiger partial charge in [-0.1, -0.05) is 30.3 Å². The molecule has 0 unspecified atom stereocenters. The number of nitrogens with one attached hydrogen (secondary N) is 2. The number of aryl methyl sites for hydroxylation is 2. The topological polar surface area (TPSA) is 70.6 Å². The molecule has 2 aromatic rings. The third-order valence-electron chi connectivity index (χ3n) is 3.12. The van der Waals surface area contributed by atoms with Crippen molar-refractivity contribution in [1.82, 2.24) is 5.43 Å². The molecule has 0 fully saturated rings. The number of benzene rings is 2. The Morgan fingerprint density at radius 1 is 1.09 bits per heavy atom. The zero-order valence-corrected chi connectivity index (χ0v) is 12.8. The molecule has 0 atom stereocenters. The van der Waals surface area contributed by atoms with E-state index in [1.165, 1.54) is 12.1 Å². The monoisotopic (exact) mass is 313 g/mol. The van der Waals surface area contributed by atoms with E-state index < -0.39 is 17.6 Å². The molecule has 0 bridgehead atoms. The first-order chi connectivity index (χ1) is 11.0. The third kappa shape index (κ3) is 4.47. The van der Waals surface area contributed by atoms with Crippen molar-refractivity contribution in [2.45, 2.75) is 13.8 Å². The second-order valence-corrected chi connectivity index (χ2v) is 4.99. The van der Waals surface area contributed by atoms with Gasteiger partial charge < -0.3 is 5.32 Å². The minimum Gasteiger partial charge on any atom is -0.317 e. The van der Waals surface area contributed by atoms with Crippen LogP contribution >= 0.6 is 0 Å². The van der Waals surface area contributed by atoms with E-state index in [1.54, 1.807) is 18.2 Å². The number of amides is 2. The number of hydrogen-bond donors (Lipinski definition) is 2. The number of rotatable bonds is 3. The van der Waals surface area contributed by atoms with Gasteiger partial charge in [-0.15, -0.1) is 0 Å². The summed E-state index contributed by atoms with van der Waals surface area (Å²) < 4.78 is 13.4. The van der Waals surface area contributed by atoms with Gasteiger partial charge in [-0.3, -0.25) is 9.59 Å². The molecule has 0 aliphatic carbocycles. The van der Waals surface area contributed by atoms with Gasteiger partial charge in [0.15, 0.2) is 0 Å². The van der Waals surface area contributed by atoms with Crippen LogP contribution in [-0.2, 0) is 9.59 Å². The lowest BCUT2D eigenvalue weighted by Crippen LogP contribution is -2.32. The van der Waals surface area contributed by atoms with Gasteiger partial charge in [0.05, 0.1) is 6.21 Å². The zero-order chi connectivity index (χ0) is 16.8. The van der Waals surface area contributed by atoms with Gasteiger partial charge in [-0.25, -0.2) is 9.82 Å². The van der Waals surface area contributed by atoms with Crippen LogP contribution in [0.1, 0.15) is 16.7 Å². The average molecular weight is 313 g/mol. The van der Waals surface area contributed by atoms with Gasteiger partial charge >= 0.3 is 11.8 Å². The summed E-state index contributed by atoms with van der Waals surface area (Å²) in [5.41, 5.74) is 4.64. The number of anilines is 1. The molecule has 0 radical (unpaired) electrons. The van der Waals surface area contributed by atoms with Crippen LogP contribution in [0.4, 0.5) is 10.1 Å². The lowest BCUT2D eigenvalue weighted by atomic mass is 10.1. The van der Waals surface area contributed by atoms with Gasteiger partial charge in [0.2, 0.25) is 0 Å². The molecule has 2 rings (SSSR count). The number of hydrazone groups is 1. The van der Waals surface area contributed by atoms with Crippen molar-refractivity contribution in [3.05, 3.63) is 65.0 Å².